The molecule has 0 radical (unpaired) electrons. The quantitative estimate of drug-likeness (QED) is 0.656. The fraction of sp³-hybridized carbons (Fsp3) is 0.714. The zero-order chi connectivity index (χ0) is 10.2. The molecule has 1 heterocycles. The second-order valence-electron chi connectivity index (χ2n) is 3.02. The summed E-state index contributed by atoms with van der Waals surface area (Å²) in [6.45, 7) is 1.36. The second-order valence-corrected chi connectivity index (χ2v) is 3.02. The van der Waals surface area contributed by atoms with Gasteiger partial charge in [-0.2, -0.15) is 0 Å². The maximum Gasteiger partial charge on any atom is 0.354 e. The third kappa shape index (κ3) is 1.36. The van der Waals surface area contributed by atoms with Gasteiger partial charge in [-0.15, -0.1) is 0 Å². The van der Waals surface area contributed by atoms with Gasteiger partial charge >= 0.3 is 11.9 Å². The molecule has 0 aromatic carbocycles. The van der Waals surface area contributed by atoms with Gasteiger partial charge in [0.15, 0.2) is 0 Å². The van der Waals surface area contributed by atoms with Crippen molar-refractivity contribution in [2.45, 2.75) is 25.4 Å². The van der Waals surface area contributed by atoms with Gasteiger partial charge in [-0.25, -0.2) is 13.6 Å². The molecule has 1 N–H and O–H groups in total. The van der Waals surface area contributed by atoms with E-state index in [0.29, 0.717) is 0 Å². The number of rotatable bonds is 2. The van der Waals surface area contributed by atoms with Crippen LogP contribution in [-0.2, 0) is 14.3 Å². The van der Waals surface area contributed by atoms with Crippen molar-refractivity contribution in [1.29, 1.82) is 0 Å². The topological polar surface area (TPSA) is 63.6 Å². The number of hydrogen-bond donors (Lipinski definition) is 1. The van der Waals surface area contributed by atoms with Crippen molar-refractivity contribution in [2.24, 2.45) is 5.92 Å². The zero-order valence-electron chi connectivity index (χ0n) is 6.79. The average Bonchev–Trinajstić information content (AvgIpc) is 2.29. The summed E-state index contributed by atoms with van der Waals surface area (Å²) in [7, 11) is 0. The van der Waals surface area contributed by atoms with Crippen molar-refractivity contribution in [3.63, 3.8) is 0 Å². The summed E-state index contributed by atoms with van der Waals surface area (Å²) < 4.78 is 28.9. The van der Waals surface area contributed by atoms with Crippen molar-refractivity contribution in [3.8, 4) is 0 Å². The number of hydrogen-bond acceptors (Lipinski definition) is 3. The summed E-state index contributed by atoms with van der Waals surface area (Å²) in [5, 5.41) is 8.51. The van der Waals surface area contributed by atoms with E-state index in [-0.39, 0.29) is 0 Å². The first-order valence-electron chi connectivity index (χ1n) is 3.64. The minimum Gasteiger partial charge on any atom is -0.478 e. The fourth-order valence-corrected chi connectivity index (χ4v) is 1.22. The Kier molecular flexibility index (Phi) is 2.23. The summed E-state index contributed by atoms with van der Waals surface area (Å²) >= 11 is 0. The number of carboxylic acids is 1. The van der Waals surface area contributed by atoms with Gasteiger partial charge in [0.2, 0.25) is 0 Å². The molecule has 1 aliphatic heterocycles. The molecule has 1 aliphatic rings. The van der Waals surface area contributed by atoms with Crippen LogP contribution in [-0.4, -0.2) is 29.1 Å². The predicted molar refractivity (Wildman–Crippen MR) is 36.2 cm³/mol. The van der Waals surface area contributed by atoms with Crippen LogP contribution in [0.2, 0.25) is 0 Å². The minimum absolute atomic E-state index is 0.473. The molecule has 0 spiro atoms. The summed E-state index contributed by atoms with van der Waals surface area (Å²) in [5.41, 5.74) is -2.63. The van der Waals surface area contributed by atoms with Crippen molar-refractivity contribution in [1.82, 2.24) is 0 Å². The molecule has 6 heteroatoms. The van der Waals surface area contributed by atoms with Gasteiger partial charge in [-0.1, -0.05) is 6.92 Å². The van der Waals surface area contributed by atoms with Crippen molar-refractivity contribution < 1.29 is 28.2 Å². The monoisotopic (exact) mass is 194 g/mol. The van der Waals surface area contributed by atoms with Gasteiger partial charge in [-0.3, -0.25) is 4.79 Å². The lowest BCUT2D eigenvalue weighted by Gasteiger charge is -2.20. The largest absolute Gasteiger partial charge is 0.478 e. The Morgan fingerprint density at radius 1 is 1.77 bits per heavy atom. The molecule has 0 amide bonds. The van der Waals surface area contributed by atoms with E-state index in [2.05, 4.69) is 4.74 Å². The molecular weight excluding hydrogens is 186 g/mol. The molecule has 1 rings (SSSR count). The molecule has 1 saturated heterocycles. The molecule has 13 heavy (non-hydrogen) atoms. The molecule has 1 fully saturated rings. The molecule has 2 atom stereocenters. The fourth-order valence-electron chi connectivity index (χ4n) is 1.22. The zero-order valence-corrected chi connectivity index (χ0v) is 6.79. The normalized spacial score (nSPS) is 33.5. The van der Waals surface area contributed by atoms with Gasteiger partial charge in [0.05, 0.1) is 5.92 Å². The Labute approximate surface area is 72.5 Å². The number of carbonyl (C=O) groups is 2. The standard InChI is InChI=1S/C7H8F2O4/c1-3-2-7(5(8)9,6(11)12)13-4(3)10/h3,5H,2H2,1H3,(H,11,12). The number of cyclic esters (lactones) is 1. The number of halogens is 2. The molecule has 0 aromatic heterocycles. The Balaban J connectivity index is 2.96. The van der Waals surface area contributed by atoms with Crippen LogP contribution in [0.1, 0.15) is 13.3 Å². The van der Waals surface area contributed by atoms with Crippen molar-refractivity contribution in [3.05, 3.63) is 0 Å². The first kappa shape index (κ1) is 9.88. The third-order valence-electron chi connectivity index (χ3n) is 2.01. The lowest BCUT2D eigenvalue weighted by molar-refractivity contribution is -0.186. The molecular formula is C7H8F2O4. The highest BCUT2D eigenvalue weighted by atomic mass is 19.3. The van der Waals surface area contributed by atoms with E-state index in [4.69, 9.17) is 5.11 Å². The van der Waals surface area contributed by atoms with Crippen molar-refractivity contribution >= 4 is 11.9 Å². The highest BCUT2D eigenvalue weighted by molar-refractivity contribution is 5.87. The first-order chi connectivity index (χ1) is 5.90. The van der Waals surface area contributed by atoms with Crippen LogP contribution in [0.25, 0.3) is 0 Å². The predicted octanol–water partition coefficient (Wildman–Crippen LogP) is 0.658. The maximum absolute atomic E-state index is 12.3. The van der Waals surface area contributed by atoms with Crippen molar-refractivity contribution in [2.75, 3.05) is 0 Å². The van der Waals surface area contributed by atoms with Gasteiger partial charge in [0.25, 0.3) is 12.0 Å². The molecule has 0 aliphatic carbocycles. The SMILES string of the molecule is CC1CC(C(=O)O)(C(F)F)OC1=O. The Hall–Kier alpha value is -1.20. The van der Waals surface area contributed by atoms with Gasteiger partial charge < -0.3 is 9.84 Å². The number of esters is 1. The number of carbonyl (C=O) groups excluding carboxylic acids is 1. The summed E-state index contributed by atoms with van der Waals surface area (Å²) in [4.78, 5) is 21.3. The summed E-state index contributed by atoms with van der Waals surface area (Å²) in [6, 6.07) is 0. The summed E-state index contributed by atoms with van der Waals surface area (Å²) in [6.07, 6.45) is -3.67. The second kappa shape index (κ2) is 2.93. The van der Waals surface area contributed by atoms with Gasteiger partial charge in [0.1, 0.15) is 0 Å². The lowest BCUT2D eigenvalue weighted by atomic mass is 9.96. The van der Waals surface area contributed by atoms with E-state index in [1.165, 1.54) is 6.92 Å². The number of carboxylic acid groups (broad SMARTS) is 1. The maximum atomic E-state index is 12.3. The van der Waals surface area contributed by atoms with E-state index in [1.807, 2.05) is 0 Å². The molecule has 74 valence electrons. The van der Waals surface area contributed by atoms with E-state index >= 15 is 0 Å². The lowest BCUT2D eigenvalue weighted by Crippen LogP contribution is -2.45. The van der Waals surface area contributed by atoms with Crippen LogP contribution in [0.15, 0.2) is 0 Å². The van der Waals surface area contributed by atoms with Crippen LogP contribution in [0.3, 0.4) is 0 Å². The average molecular weight is 194 g/mol. The van der Waals surface area contributed by atoms with E-state index in [9.17, 15) is 18.4 Å². The Morgan fingerprint density at radius 3 is 2.46 bits per heavy atom. The number of aliphatic carboxylic acids is 1. The van der Waals surface area contributed by atoms with Crippen LogP contribution in [0.5, 0.6) is 0 Å². The van der Waals surface area contributed by atoms with E-state index < -0.39 is 36.3 Å². The summed E-state index contributed by atoms with van der Waals surface area (Å²) in [5.74, 6) is -3.46. The first-order valence-corrected chi connectivity index (χ1v) is 3.64. The molecule has 4 nitrogen and oxygen atoms in total. The Bertz CT molecular complexity index is 253. The van der Waals surface area contributed by atoms with Gasteiger partial charge in [-0.05, 0) is 0 Å². The molecule has 2 unspecified atom stereocenters. The van der Waals surface area contributed by atoms with Crippen LogP contribution in [0, 0.1) is 5.92 Å². The van der Waals surface area contributed by atoms with Crippen LogP contribution < -0.4 is 0 Å². The highest BCUT2D eigenvalue weighted by Gasteiger charge is 2.58. The number of ether oxygens (including phenoxy) is 1. The van der Waals surface area contributed by atoms with Crippen LogP contribution >= 0.6 is 0 Å². The molecule has 0 bridgehead atoms. The smallest absolute Gasteiger partial charge is 0.354 e. The third-order valence-corrected chi connectivity index (χ3v) is 2.01. The number of alkyl halides is 2. The van der Waals surface area contributed by atoms with E-state index in [0.717, 1.165) is 0 Å². The molecule has 0 saturated carbocycles. The highest BCUT2D eigenvalue weighted by Crippen LogP contribution is 2.36. The van der Waals surface area contributed by atoms with E-state index in [1.54, 1.807) is 0 Å². The van der Waals surface area contributed by atoms with Crippen LogP contribution in [0.4, 0.5) is 8.78 Å². The Morgan fingerprint density at radius 2 is 2.31 bits per heavy atom. The molecule has 0 aromatic rings. The van der Waals surface area contributed by atoms with Gasteiger partial charge in [0, 0.05) is 6.42 Å². The minimum atomic E-state index is -3.20.